The van der Waals surface area contributed by atoms with Crippen LogP contribution in [0.25, 0.3) is 0 Å². The summed E-state index contributed by atoms with van der Waals surface area (Å²) in [4.78, 5) is 1.18. The molecule has 0 aliphatic rings. The monoisotopic (exact) mass is 328 g/mol. The van der Waals surface area contributed by atoms with E-state index < -0.39 is 10.0 Å². The van der Waals surface area contributed by atoms with Crippen LogP contribution in [0, 0.1) is 6.92 Å². The van der Waals surface area contributed by atoms with Crippen molar-refractivity contribution < 1.29 is 8.42 Å². The third kappa shape index (κ3) is 3.28. The van der Waals surface area contributed by atoms with E-state index in [0.717, 1.165) is 16.1 Å². The number of sulfonamides is 1. The molecule has 0 saturated heterocycles. The normalized spacial score (nSPS) is 11.8. The average Bonchev–Trinajstić information content (AvgIpc) is 2.93. The third-order valence-corrected chi connectivity index (χ3v) is 5.91. The van der Waals surface area contributed by atoms with Crippen LogP contribution in [0.5, 0.6) is 0 Å². The highest BCUT2D eigenvalue weighted by atomic mass is 32.2. The molecular formula is C13H20N4O2S2. The number of anilines is 1. The highest BCUT2D eigenvalue weighted by Gasteiger charge is 2.24. The summed E-state index contributed by atoms with van der Waals surface area (Å²) in [6, 6.07) is 0. The Morgan fingerprint density at radius 2 is 2.14 bits per heavy atom. The molecule has 0 unspecified atom stereocenters. The number of aryl methyl sites for hydroxylation is 3. The van der Waals surface area contributed by atoms with Crippen molar-refractivity contribution in [1.29, 1.82) is 0 Å². The lowest BCUT2D eigenvalue weighted by Gasteiger charge is -2.09. The SMILES string of the molecule is CCc1nn(C)cc1NS(=O)(=O)c1c(C)csc1CNC. The molecule has 2 heterocycles. The zero-order valence-corrected chi connectivity index (χ0v) is 14.2. The summed E-state index contributed by atoms with van der Waals surface area (Å²) in [5, 5.41) is 9.12. The maximum atomic E-state index is 12.7. The first-order chi connectivity index (χ1) is 9.89. The minimum Gasteiger partial charge on any atom is -0.315 e. The molecule has 0 aliphatic carbocycles. The predicted octanol–water partition coefficient (Wildman–Crippen LogP) is 1.87. The summed E-state index contributed by atoms with van der Waals surface area (Å²) in [5.74, 6) is 0. The highest BCUT2D eigenvalue weighted by Crippen LogP contribution is 2.29. The van der Waals surface area contributed by atoms with Crippen molar-refractivity contribution in [3.8, 4) is 0 Å². The van der Waals surface area contributed by atoms with Crippen LogP contribution < -0.4 is 10.0 Å². The van der Waals surface area contributed by atoms with E-state index in [2.05, 4.69) is 15.1 Å². The Morgan fingerprint density at radius 3 is 2.76 bits per heavy atom. The number of nitrogens with one attached hydrogen (secondary N) is 2. The lowest BCUT2D eigenvalue weighted by atomic mass is 10.3. The Labute approximate surface area is 129 Å². The summed E-state index contributed by atoms with van der Waals surface area (Å²) < 4.78 is 29.7. The summed E-state index contributed by atoms with van der Waals surface area (Å²) in [5.41, 5.74) is 2.05. The molecule has 2 N–H and O–H groups in total. The van der Waals surface area contributed by atoms with Gasteiger partial charge in [-0.1, -0.05) is 6.92 Å². The molecule has 0 bridgehead atoms. The fourth-order valence-corrected chi connectivity index (χ4v) is 5.10. The molecule has 0 amide bonds. The van der Waals surface area contributed by atoms with E-state index in [1.807, 2.05) is 19.2 Å². The average molecular weight is 328 g/mol. The van der Waals surface area contributed by atoms with Crippen molar-refractivity contribution in [3.63, 3.8) is 0 Å². The Morgan fingerprint density at radius 1 is 1.43 bits per heavy atom. The van der Waals surface area contributed by atoms with Gasteiger partial charge in [-0.05, 0) is 31.3 Å². The second kappa shape index (κ2) is 6.17. The van der Waals surface area contributed by atoms with E-state index in [9.17, 15) is 8.42 Å². The van der Waals surface area contributed by atoms with Crippen molar-refractivity contribution in [2.24, 2.45) is 7.05 Å². The number of rotatable bonds is 6. The van der Waals surface area contributed by atoms with Gasteiger partial charge < -0.3 is 5.32 Å². The molecule has 0 aliphatic heterocycles. The largest absolute Gasteiger partial charge is 0.315 e. The topological polar surface area (TPSA) is 76.0 Å². The standard InChI is InChI=1S/C13H20N4O2S2/c1-5-10-11(7-17(4)15-10)16-21(18,19)13-9(2)8-20-12(13)6-14-3/h7-8,14,16H,5-6H2,1-4H3. The van der Waals surface area contributed by atoms with Gasteiger partial charge in [0.15, 0.2) is 0 Å². The Hall–Kier alpha value is -1.38. The van der Waals surface area contributed by atoms with Gasteiger partial charge in [0.1, 0.15) is 4.90 Å². The maximum Gasteiger partial charge on any atom is 0.263 e. The molecule has 2 aromatic rings. The second-order valence-corrected chi connectivity index (χ2v) is 7.41. The van der Waals surface area contributed by atoms with Crippen LogP contribution in [0.1, 0.15) is 23.1 Å². The quantitative estimate of drug-likeness (QED) is 0.849. The van der Waals surface area contributed by atoms with Gasteiger partial charge in [-0.15, -0.1) is 11.3 Å². The molecule has 0 spiro atoms. The van der Waals surface area contributed by atoms with Crippen LogP contribution in [-0.2, 0) is 30.0 Å². The Balaban J connectivity index is 2.41. The second-order valence-electron chi connectivity index (χ2n) is 4.82. The fourth-order valence-electron chi connectivity index (χ4n) is 2.21. The summed E-state index contributed by atoms with van der Waals surface area (Å²) >= 11 is 1.45. The lowest BCUT2D eigenvalue weighted by molar-refractivity contribution is 0.599. The zero-order chi connectivity index (χ0) is 15.6. The van der Waals surface area contributed by atoms with Gasteiger partial charge in [0.05, 0.1) is 11.4 Å². The first kappa shape index (κ1) is 16.0. The molecule has 0 radical (unpaired) electrons. The van der Waals surface area contributed by atoms with Gasteiger partial charge in [-0.3, -0.25) is 9.40 Å². The molecule has 8 heteroatoms. The smallest absolute Gasteiger partial charge is 0.263 e. The van der Waals surface area contributed by atoms with Crippen LogP contribution in [0.2, 0.25) is 0 Å². The van der Waals surface area contributed by atoms with E-state index in [4.69, 9.17) is 0 Å². The molecule has 0 saturated carbocycles. The summed E-state index contributed by atoms with van der Waals surface area (Å²) in [6.45, 7) is 4.29. The summed E-state index contributed by atoms with van der Waals surface area (Å²) in [7, 11) is -0.0279. The van der Waals surface area contributed by atoms with Crippen molar-refractivity contribution in [2.75, 3.05) is 11.8 Å². The van der Waals surface area contributed by atoms with Crippen molar-refractivity contribution in [3.05, 3.63) is 27.7 Å². The lowest BCUT2D eigenvalue weighted by Crippen LogP contribution is -2.17. The molecule has 0 atom stereocenters. The van der Waals surface area contributed by atoms with Crippen molar-refractivity contribution in [1.82, 2.24) is 15.1 Å². The first-order valence-electron chi connectivity index (χ1n) is 6.66. The molecule has 2 rings (SSSR count). The molecule has 0 aromatic carbocycles. The highest BCUT2D eigenvalue weighted by molar-refractivity contribution is 7.93. The van der Waals surface area contributed by atoms with Gasteiger partial charge in [0.25, 0.3) is 10.0 Å². The van der Waals surface area contributed by atoms with Crippen LogP contribution >= 0.6 is 11.3 Å². The van der Waals surface area contributed by atoms with Crippen molar-refractivity contribution in [2.45, 2.75) is 31.7 Å². The summed E-state index contributed by atoms with van der Waals surface area (Å²) in [6.07, 6.45) is 2.36. The number of nitrogens with zero attached hydrogens (tertiary/aromatic N) is 2. The number of aromatic nitrogens is 2. The number of hydrogen-bond donors (Lipinski definition) is 2. The van der Waals surface area contributed by atoms with Crippen LogP contribution in [0.15, 0.2) is 16.5 Å². The van der Waals surface area contributed by atoms with Gasteiger partial charge in [-0.25, -0.2) is 8.42 Å². The molecule has 2 aromatic heterocycles. The van der Waals surface area contributed by atoms with E-state index in [1.165, 1.54) is 11.3 Å². The maximum absolute atomic E-state index is 12.7. The zero-order valence-electron chi connectivity index (χ0n) is 12.6. The van der Waals surface area contributed by atoms with E-state index in [1.54, 1.807) is 25.0 Å². The molecule has 116 valence electrons. The Kier molecular flexibility index (Phi) is 4.70. The van der Waals surface area contributed by atoms with E-state index >= 15 is 0 Å². The minimum absolute atomic E-state index is 0.368. The fraction of sp³-hybridized carbons (Fsp3) is 0.462. The van der Waals surface area contributed by atoms with Gasteiger partial charge >= 0.3 is 0 Å². The van der Waals surface area contributed by atoms with Crippen molar-refractivity contribution >= 4 is 27.0 Å². The van der Waals surface area contributed by atoms with Gasteiger partial charge in [0, 0.05) is 24.7 Å². The Bertz CT molecular complexity index is 731. The minimum atomic E-state index is -3.61. The molecule has 0 fully saturated rings. The van der Waals surface area contributed by atoms with Gasteiger partial charge in [-0.2, -0.15) is 5.10 Å². The molecule has 21 heavy (non-hydrogen) atoms. The number of hydrogen-bond acceptors (Lipinski definition) is 5. The predicted molar refractivity (Wildman–Crippen MR) is 85.2 cm³/mol. The molecular weight excluding hydrogens is 308 g/mol. The number of thiophene rings is 1. The van der Waals surface area contributed by atoms with E-state index in [0.29, 0.717) is 23.5 Å². The van der Waals surface area contributed by atoms with E-state index in [-0.39, 0.29) is 0 Å². The first-order valence-corrected chi connectivity index (χ1v) is 9.02. The van der Waals surface area contributed by atoms with Crippen LogP contribution in [0.4, 0.5) is 5.69 Å². The third-order valence-electron chi connectivity index (χ3n) is 3.08. The van der Waals surface area contributed by atoms with Gasteiger partial charge in [0.2, 0.25) is 0 Å². The van der Waals surface area contributed by atoms with Crippen LogP contribution in [-0.4, -0.2) is 25.2 Å². The van der Waals surface area contributed by atoms with Crippen LogP contribution in [0.3, 0.4) is 0 Å². The molecule has 6 nitrogen and oxygen atoms in total.